The van der Waals surface area contributed by atoms with Crippen molar-refractivity contribution in [2.75, 3.05) is 26.2 Å². The maximum Gasteiger partial charge on any atom is 0.237 e. The summed E-state index contributed by atoms with van der Waals surface area (Å²) in [4.78, 5) is 14.3. The summed E-state index contributed by atoms with van der Waals surface area (Å²) < 4.78 is 0. The van der Waals surface area contributed by atoms with Gasteiger partial charge in [0.05, 0.1) is 0 Å². The molecule has 1 rings (SSSR count). The molecular formula is C13H27N3O. The second kappa shape index (κ2) is 6.36. The molecule has 0 aromatic carbocycles. The van der Waals surface area contributed by atoms with Crippen LogP contribution in [0.15, 0.2) is 0 Å². The van der Waals surface area contributed by atoms with Gasteiger partial charge >= 0.3 is 0 Å². The van der Waals surface area contributed by atoms with Crippen molar-refractivity contribution in [2.45, 2.75) is 45.6 Å². The smallest absolute Gasteiger partial charge is 0.237 e. The van der Waals surface area contributed by atoms with Crippen molar-refractivity contribution >= 4 is 5.91 Å². The zero-order valence-corrected chi connectivity index (χ0v) is 11.5. The minimum Gasteiger partial charge on any atom is -0.368 e. The van der Waals surface area contributed by atoms with Crippen LogP contribution in [-0.2, 0) is 4.79 Å². The van der Waals surface area contributed by atoms with Gasteiger partial charge in [-0.25, -0.2) is 0 Å². The topological polar surface area (TPSA) is 58.4 Å². The highest BCUT2D eigenvalue weighted by molar-refractivity contribution is 5.84. The molecule has 1 saturated heterocycles. The molecular weight excluding hydrogens is 214 g/mol. The van der Waals surface area contributed by atoms with E-state index in [4.69, 9.17) is 5.73 Å². The number of primary amides is 1. The molecule has 2 unspecified atom stereocenters. The lowest BCUT2D eigenvalue weighted by molar-refractivity contribution is -0.132. The first-order valence-corrected chi connectivity index (χ1v) is 6.82. The van der Waals surface area contributed by atoms with Crippen LogP contribution >= 0.6 is 0 Å². The van der Waals surface area contributed by atoms with Crippen molar-refractivity contribution in [3.05, 3.63) is 0 Å². The molecule has 2 atom stereocenters. The Morgan fingerprint density at radius 3 is 2.41 bits per heavy atom. The molecule has 4 heteroatoms. The number of amides is 1. The Kier molecular flexibility index (Phi) is 5.40. The van der Waals surface area contributed by atoms with Crippen LogP contribution in [0.3, 0.4) is 0 Å². The lowest BCUT2D eigenvalue weighted by Crippen LogP contribution is -2.62. The zero-order chi connectivity index (χ0) is 12.9. The quantitative estimate of drug-likeness (QED) is 0.728. The Balaban J connectivity index is 2.85. The monoisotopic (exact) mass is 241 g/mol. The van der Waals surface area contributed by atoms with E-state index in [9.17, 15) is 4.79 Å². The molecule has 0 aromatic heterocycles. The molecule has 1 heterocycles. The highest BCUT2D eigenvalue weighted by Crippen LogP contribution is 2.29. The van der Waals surface area contributed by atoms with Crippen LogP contribution in [0.5, 0.6) is 0 Å². The van der Waals surface area contributed by atoms with Gasteiger partial charge in [0.1, 0.15) is 5.54 Å². The van der Waals surface area contributed by atoms with E-state index >= 15 is 0 Å². The SMILES string of the molecule is CCC(C)CC(CC)(C(N)=O)N1CCNCC1. The highest BCUT2D eigenvalue weighted by atomic mass is 16.1. The van der Waals surface area contributed by atoms with E-state index in [1.165, 1.54) is 0 Å². The molecule has 1 aliphatic rings. The second-order valence-electron chi connectivity index (χ2n) is 5.20. The second-order valence-corrected chi connectivity index (χ2v) is 5.20. The number of rotatable bonds is 6. The third kappa shape index (κ3) is 3.19. The Labute approximate surface area is 105 Å². The van der Waals surface area contributed by atoms with Gasteiger partial charge in [0.15, 0.2) is 0 Å². The molecule has 0 saturated carbocycles. The van der Waals surface area contributed by atoms with Gasteiger partial charge in [-0.2, -0.15) is 0 Å². The Morgan fingerprint density at radius 2 is 2.00 bits per heavy atom. The summed E-state index contributed by atoms with van der Waals surface area (Å²) in [6, 6.07) is 0. The fraction of sp³-hybridized carbons (Fsp3) is 0.923. The molecule has 100 valence electrons. The van der Waals surface area contributed by atoms with Crippen molar-refractivity contribution in [1.82, 2.24) is 10.2 Å². The lowest BCUT2D eigenvalue weighted by Gasteiger charge is -2.44. The maximum atomic E-state index is 12.0. The van der Waals surface area contributed by atoms with Gasteiger partial charge in [-0.15, -0.1) is 0 Å². The average molecular weight is 241 g/mol. The number of piperazine rings is 1. The van der Waals surface area contributed by atoms with Crippen LogP contribution < -0.4 is 11.1 Å². The molecule has 1 fully saturated rings. The fourth-order valence-electron chi connectivity index (χ4n) is 2.74. The van der Waals surface area contributed by atoms with Crippen LogP contribution in [0.25, 0.3) is 0 Å². The number of hydrogen-bond acceptors (Lipinski definition) is 3. The third-order valence-electron chi connectivity index (χ3n) is 4.15. The predicted octanol–water partition coefficient (Wildman–Crippen LogP) is 0.962. The number of carbonyl (C=O) groups excluding carboxylic acids is 1. The van der Waals surface area contributed by atoms with Crippen molar-refractivity contribution in [3.8, 4) is 0 Å². The van der Waals surface area contributed by atoms with E-state index in [1.807, 2.05) is 0 Å². The Morgan fingerprint density at radius 1 is 1.41 bits per heavy atom. The highest BCUT2D eigenvalue weighted by Gasteiger charge is 2.41. The lowest BCUT2D eigenvalue weighted by atomic mass is 9.82. The molecule has 4 nitrogen and oxygen atoms in total. The predicted molar refractivity (Wildman–Crippen MR) is 70.7 cm³/mol. The number of hydrogen-bond donors (Lipinski definition) is 2. The number of nitrogens with two attached hydrogens (primary N) is 1. The number of nitrogens with one attached hydrogen (secondary N) is 1. The van der Waals surface area contributed by atoms with Gasteiger partial charge in [0, 0.05) is 26.2 Å². The third-order valence-corrected chi connectivity index (χ3v) is 4.15. The molecule has 0 aromatic rings. The van der Waals surface area contributed by atoms with Crippen LogP contribution in [0.1, 0.15) is 40.0 Å². The molecule has 17 heavy (non-hydrogen) atoms. The van der Waals surface area contributed by atoms with Crippen LogP contribution in [0.2, 0.25) is 0 Å². The first kappa shape index (κ1) is 14.5. The van der Waals surface area contributed by atoms with E-state index in [0.29, 0.717) is 5.92 Å². The summed E-state index contributed by atoms with van der Waals surface area (Å²) in [5, 5.41) is 3.32. The van der Waals surface area contributed by atoms with Crippen LogP contribution in [0.4, 0.5) is 0 Å². The molecule has 0 bridgehead atoms. The van der Waals surface area contributed by atoms with E-state index in [2.05, 4.69) is 31.0 Å². The van der Waals surface area contributed by atoms with Crippen molar-refractivity contribution in [2.24, 2.45) is 11.7 Å². The summed E-state index contributed by atoms with van der Waals surface area (Å²) in [5.74, 6) is 0.388. The van der Waals surface area contributed by atoms with Crippen molar-refractivity contribution in [3.63, 3.8) is 0 Å². The van der Waals surface area contributed by atoms with E-state index < -0.39 is 5.54 Å². The van der Waals surface area contributed by atoms with E-state index in [-0.39, 0.29) is 5.91 Å². The molecule has 0 aliphatic carbocycles. The minimum atomic E-state index is -0.433. The maximum absolute atomic E-state index is 12.0. The number of carbonyl (C=O) groups is 1. The standard InChI is InChI=1S/C13H27N3O/c1-4-11(3)10-13(5-2,12(14)17)16-8-6-15-7-9-16/h11,15H,4-10H2,1-3H3,(H2,14,17). The summed E-state index contributed by atoms with van der Waals surface area (Å²) >= 11 is 0. The fourth-order valence-corrected chi connectivity index (χ4v) is 2.74. The Hall–Kier alpha value is -0.610. The minimum absolute atomic E-state index is 0.151. The van der Waals surface area contributed by atoms with Gasteiger partial charge in [0.2, 0.25) is 5.91 Å². The van der Waals surface area contributed by atoms with Gasteiger partial charge in [0.25, 0.3) is 0 Å². The van der Waals surface area contributed by atoms with Gasteiger partial charge in [-0.05, 0) is 18.8 Å². The molecule has 0 spiro atoms. The largest absolute Gasteiger partial charge is 0.368 e. The van der Waals surface area contributed by atoms with Gasteiger partial charge < -0.3 is 11.1 Å². The normalized spacial score (nSPS) is 23.0. The number of nitrogens with zero attached hydrogens (tertiary/aromatic N) is 1. The molecule has 3 N–H and O–H groups in total. The van der Waals surface area contributed by atoms with Crippen molar-refractivity contribution < 1.29 is 4.79 Å². The Bertz CT molecular complexity index is 251. The first-order valence-electron chi connectivity index (χ1n) is 6.82. The van der Waals surface area contributed by atoms with Crippen molar-refractivity contribution in [1.29, 1.82) is 0 Å². The van der Waals surface area contributed by atoms with E-state index in [1.54, 1.807) is 0 Å². The summed E-state index contributed by atoms with van der Waals surface area (Å²) in [7, 11) is 0. The zero-order valence-electron chi connectivity index (χ0n) is 11.5. The summed E-state index contributed by atoms with van der Waals surface area (Å²) in [6.07, 6.45) is 2.79. The summed E-state index contributed by atoms with van der Waals surface area (Å²) in [5.41, 5.74) is 5.28. The van der Waals surface area contributed by atoms with Gasteiger partial charge in [-0.3, -0.25) is 9.69 Å². The van der Waals surface area contributed by atoms with Crippen LogP contribution in [0, 0.1) is 5.92 Å². The van der Waals surface area contributed by atoms with Crippen LogP contribution in [-0.4, -0.2) is 42.5 Å². The van der Waals surface area contributed by atoms with E-state index in [0.717, 1.165) is 45.4 Å². The molecule has 0 radical (unpaired) electrons. The van der Waals surface area contributed by atoms with Gasteiger partial charge in [-0.1, -0.05) is 27.2 Å². The molecule has 1 aliphatic heterocycles. The average Bonchev–Trinajstić information content (AvgIpc) is 2.36. The first-order chi connectivity index (χ1) is 8.06. The molecule has 1 amide bonds. The summed E-state index contributed by atoms with van der Waals surface area (Å²) in [6.45, 7) is 10.2.